The van der Waals surface area contributed by atoms with Crippen molar-refractivity contribution in [1.29, 1.82) is 0 Å². The molecule has 126 valence electrons. The topological polar surface area (TPSA) is 69.8 Å². The van der Waals surface area contributed by atoms with Crippen molar-refractivity contribution in [2.24, 2.45) is 0 Å². The van der Waals surface area contributed by atoms with E-state index in [2.05, 4.69) is 32.7 Å². The average molecular weight is 332 g/mol. The highest BCUT2D eigenvalue weighted by Crippen LogP contribution is 2.31. The molecule has 3 aromatic rings. The molecule has 4 rings (SSSR count). The molecule has 0 spiro atoms. The zero-order chi connectivity index (χ0) is 17.2. The van der Waals surface area contributed by atoms with Crippen LogP contribution in [0.15, 0.2) is 48.7 Å². The van der Waals surface area contributed by atoms with E-state index in [0.29, 0.717) is 5.56 Å². The highest BCUT2D eigenvalue weighted by molar-refractivity contribution is 5.97. The number of rotatable bonds is 3. The maximum absolute atomic E-state index is 11.7. The van der Waals surface area contributed by atoms with E-state index in [-0.39, 0.29) is 5.91 Å². The molecular formula is C20H20N4O. The molecule has 3 heterocycles. The maximum Gasteiger partial charge on any atom is 0.251 e. The summed E-state index contributed by atoms with van der Waals surface area (Å²) in [6, 6.07) is 11.9. The average Bonchev–Trinajstić information content (AvgIpc) is 3.12. The third kappa shape index (κ3) is 2.94. The quantitative estimate of drug-likeness (QED) is 0.691. The lowest BCUT2D eigenvalue weighted by molar-refractivity contribution is 0.0963. The number of amides is 1. The first-order valence-corrected chi connectivity index (χ1v) is 8.46. The molecule has 5 heteroatoms. The summed E-state index contributed by atoms with van der Waals surface area (Å²) in [5, 5.41) is 7.08. The van der Waals surface area contributed by atoms with Crippen molar-refractivity contribution in [2.45, 2.75) is 6.42 Å². The summed E-state index contributed by atoms with van der Waals surface area (Å²) in [4.78, 5) is 19.6. The molecule has 5 nitrogen and oxygen atoms in total. The summed E-state index contributed by atoms with van der Waals surface area (Å²) >= 11 is 0. The van der Waals surface area contributed by atoms with Gasteiger partial charge in [-0.1, -0.05) is 18.2 Å². The summed E-state index contributed by atoms with van der Waals surface area (Å²) in [7, 11) is 1.64. The zero-order valence-electron chi connectivity index (χ0n) is 14.1. The third-order valence-electron chi connectivity index (χ3n) is 4.63. The Morgan fingerprint density at radius 3 is 2.76 bits per heavy atom. The first kappa shape index (κ1) is 15.6. The molecule has 0 aliphatic carbocycles. The minimum absolute atomic E-state index is 0.0757. The molecule has 0 saturated heterocycles. The van der Waals surface area contributed by atoms with Gasteiger partial charge in [-0.15, -0.1) is 0 Å². The van der Waals surface area contributed by atoms with E-state index >= 15 is 0 Å². The highest BCUT2D eigenvalue weighted by Gasteiger charge is 2.13. The molecule has 1 amide bonds. The minimum atomic E-state index is -0.0757. The number of nitrogens with zero attached hydrogens (tertiary/aromatic N) is 1. The molecule has 0 bridgehead atoms. The van der Waals surface area contributed by atoms with Gasteiger partial charge in [0.2, 0.25) is 0 Å². The van der Waals surface area contributed by atoms with E-state index in [0.717, 1.165) is 47.4 Å². The number of aromatic amines is 1. The van der Waals surface area contributed by atoms with Gasteiger partial charge in [0.25, 0.3) is 5.91 Å². The van der Waals surface area contributed by atoms with Crippen molar-refractivity contribution in [3.8, 4) is 11.1 Å². The van der Waals surface area contributed by atoms with Gasteiger partial charge in [-0.25, -0.2) is 4.98 Å². The summed E-state index contributed by atoms with van der Waals surface area (Å²) in [5.74, 6) is -0.0757. The van der Waals surface area contributed by atoms with Crippen molar-refractivity contribution >= 4 is 22.5 Å². The summed E-state index contributed by atoms with van der Waals surface area (Å²) in [6.07, 6.45) is 5.07. The fourth-order valence-corrected chi connectivity index (χ4v) is 3.26. The van der Waals surface area contributed by atoms with Gasteiger partial charge in [-0.3, -0.25) is 4.79 Å². The predicted molar refractivity (Wildman–Crippen MR) is 100 cm³/mol. The van der Waals surface area contributed by atoms with Crippen molar-refractivity contribution in [3.05, 3.63) is 59.9 Å². The van der Waals surface area contributed by atoms with E-state index in [1.54, 1.807) is 7.05 Å². The normalized spacial score (nSPS) is 14.4. The Bertz CT molecular complexity index is 953. The second-order valence-corrected chi connectivity index (χ2v) is 6.14. The molecule has 1 aliphatic rings. The Morgan fingerprint density at radius 2 is 2.04 bits per heavy atom. The van der Waals surface area contributed by atoms with Crippen molar-refractivity contribution in [2.75, 3.05) is 20.1 Å². The number of pyridine rings is 1. The monoisotopic (exact) mass is 332 g/mol. The largest absolute Gasteiger partial charge is 0.355 e. The Morgan fingerprint density at radius 1 is 1.20 bits per heavy atom. The van der Waals surface area contributed by atoms with Crippen LogP contribution < -0.4 is 10.6 Å². The van der Waals surface area contributed by atoms with Crippen LogP contribution in [0.4, 0.5) is 0 Å². The van der Waals surface area contributed by atoms with Gasteiger partial charge >= 0.3 is 0 Å². The smallest absolute Gasteiger partial charge is 0.251 e. The first-order valence-electron chi connectivity index (χ1n) is 8.46. The van der Waals surface area contributed by atoms with Crippen LogP contribution in [0.3, 0.4) is 0 Å². The lowest BCUT2D eigenvalue weighted by Gasteiger charge is -2.12. The van der Waals surface area contributed by atoms with E-state index < -0.39 is 0 Å². The van der Waals surface area contributed by atoms with Crippen molar-refractivity contribution in [1.82, 2.24) is 20.6 Å². The maximum atomic E-state index is 11.7. The Kier molecular flexibility index (Phi) is 4.07. The molecule has 25 heavy (non-hydrogen) atoms. The number of nitrogens with one attached hydrogen (secondary N) is 3. The summed E-state index contributed by atoms with van der Waals surface area (Å²) < 4.78 is 0. The molecule has 0 atom stereocenters. The third-order valence-corrected chi connectivity index (χ3v) is 4.63. The molecule has 1 aliphatic heterocycles. The Hall–Kier alpha value is -2.92. The van der Waals surface area contributed by atoms with Crippen LogP contribution in [0.2, 0.25) is 0 Å². The second-order valence-electron chi connectivity index (χ2n) is 6.14. The Labute approximate surface area is 146 Å². The first-order chi connectivity index (χ1) is 12.3. The van der Waals surface area contributed by atoms with Crippen LogP contribution in [0.5, 0.6) is 0 Å². The molecule has 0 fully saturated rings. The van der Waals surface area contributed by atoms with Gasteiger partial charge in [0.05, 0.1) is 0 Å². The SMILES string of the molecule is CNC(=O)c1ccc(-c2ccnc3[nH]c(C4=CCNCC4)cc23)cc1. The van der Waals surface area contributed by atoms with Crippen molar-refractivity contribution in [3.63, 3.8) is 0 Å². The molecule has 1 aromatic carbocycles. The van der Waals surface area contributed by atoms with Gasteiger partial charge in [0.15, 0.2) is 0 Å². The lowest BCUT2D eigenvalue weighted by Crippen LogP contribution is -2.20. The van der Waals surface area contributed by atoms with Crippen LogP contribution in [0, 0.1) is 0 Å². The summed E-state index contributed by atoms with van der Waals surface area (Å²) in [6.45, 7) is 1.91. The van der Waals surface area contributed by atoms with Gasteiger partial charge < -0.3 is 15.6 Å². The molecule has 3 N–H and O–H groups in total. The van der Waals surface area contributed by atoms with Gasteiger partial charge in [-0.05, 0) is 53.9 Å². The van der Waals surface area contributed by atoms with E-state index in [1.807, 2.05) is 36.5 Å². The van der Waals surface area contributed by atoms with Crippen LogP contribution in [-0.2, 0) is 0 Å². The minimum Gasteiger partial charge on any atom is -0.355 e. The molecular weight excluding hydrogens is 312 g/mol. The Balaban J connectivity index is 1.75. The van der Waals surface area contributed by atoms with Gasteiger partial charge in [-0.2, -0.15) is 0 Å². The number of H-pyrrole nitrogens is 1. The van der Waals surface area contributed by atoms with Gasteiger partial charge in [0.1, 0.15) is 5.65 Å². The van der Waals surface area contributed by atoms with Crippen molar-refractivity contribution < 1.29 is 4.79 Å². The molecule has 0 unspecified atom stereocenters. The fourth-order valence-electron chi connectivity index (χ4n) is 3.26. The number of carbonyl (C=O) groups excluding carboxylic acids is 1. The van der Waals surface area contributed by atoms with E-state index in [9.17, 15) is 4.79 Å². The number of carbonyl (C=O) groups is 1. The fraction of sp³-hybridized carbons (Fsp3) is 0.200. The number of aromatic nitrogens is 2. The second kappa shape index (κ2) is 6.53. The number of hydrogen-bond acceptors (Lipinski definition) is 3. The number of fused-ring (bicyclic) bond motifs is 1. The predicted octanol–water partition coefficient (Wildman–Crippen LogP) is 2.97. The molecule has 0 saturated carbocycles. The lowest BCUT2D eigenvalue weighted by atomic mass is 10.0. The summed E-state index contributed by atoms with van der Waals surface area (Å²) in [5.41, 5.74) is 6.21. The number of benzene rings is 1. The molecule has 2 aromatic heterocycles. The van der Waals surface area contributed by atoms with Crippen LogP contribution in [0.25, 0.3) is 27.7 Å². The van der Waals surface area contributed by atoms with Crippen LogP contribution in [-0.4, -0.2) is 36.0 Å². The standard InChI is InChI=1S/C20H20N4O/c1-21-20(25)15-4-2-13(3-5-15)16-8-11-23-19-17(16)12-18(24-19)14-6-9-22-10-7-14/h2-6,8,11-12,22H,7,9-10H2,1H3,(H,21,25)(H,23,24). The van der Waals surface area contributed by atoms with E-state index in [1.165, 1.54) is 5.57 Å². The van der Waals surface area contributed by atoms with Crippen LogP contribution >= 0.6 is 0 Å². The van der Waals surface area contributed by atoms with Crippen LogP contribution in [0.1, 0.15) is 22.5 Å². The van der Waals surface area contributed by atoms with E-state index in [4.69, 9.17) is 0 Å². The molecule has 0 radical (unpaired) electrons. The van der Waals surface area contributed by atoms with Gasteiger partial charge in [0, 0.05) is 36.4 Å². The zero-order valence-corrected chi connectivity index (χ0v) is 14.1. The highest BCUT2D eigenvalue weighted by atomic mass is 16.1. The number of hydrogen-bond donors (Lipinski definition) is 3.